The van der Waals surface area contributed by atoms with Gasteiger partial charge in [-0.2, -0.15) is 0 Å². The van der Waals surface area contributed by atoms with Crippen molar-refractivity contribution in [2.45, 2.75) is 38.0 Å². The summed E-state index contributed by atoms with van der Waals surface area (Å²) in [6, 6.07) is 14.8. The minimum Gasteiger partial charge on any atom is -0.432 e. The summed E-state index contributed by atoms with van der Waals surface area (Å²) in [7, 11) is 1.95. The van der Waals surface area contributed by atoms with E-state index in [2.05, 4.69) is 49.4 Å². The molecule has 0 aliphatic heterocycles. The van der Waals surface area contributed by atoms with Gasteiger partial charge in [0.05, 0.1) is 0 Å². The fourth-order valence-corrected chi connectivity index (χ4v) is 4.13. The molecule has 2 atom stereocenters. The molecule has 2 nitrogen and oxygen atoms in total. The lowest BCUT2D eigenvalue weighted by molar-refractivity contribution is 0.549. The Labute approximate surface area is 143 Å². The molecular weight excluding hydrogens is 302 g/mol. The van der Waals surface area contributed by atoms with Crippen LogP contribution >= 0.6 is 12.2 Å². The molecule has 2 aromatic carbocycles. The lowest BCUT2D eigenvalue weighted by atomic mass is 9.92. The summed E-state index contributed by atoms with van der Waals surface area (Å²) in [4.78, 5) is 1.91. The molecular formula is C20H21NOS. The Morgan fingerprint density at radius 1 is 1.04 bits per heavy atom. The minimum absolute atomic E-state index is 0.483. The highest BCUT2D eigenvalue weighted by molar-refractivity contribution is 7.80. The van der Waals surface area contributed by atoms with E-state index in [0.717, 1.165) is 23.3 Å². The molecule has 0 spiro atoms. The Morgan fingerprint density at radius 2 is 1.74 bits per heavy atom. The van der Waals surface area contributed by atoms with Crippen LogP contribution in [0.2, 0.25) is 0 Å². The van der Waals surface area contributed by atoms with Gasteiger partial charge in [-0.05, 0) is 85.6 Å². The molecule has 0 N–H and O–H groups in total. The largest absolute Gasteiger partial charge is 0.432 e. The van der Waals surface area contributed by atoms with Crippen molar-refractivity contribution in [1.82, 2.24) is 0 Å². The van der Waals surface area contributed by atoms with Crippen LogP contribution in [-0.2, 0) is 0 Å². The zero-order valence-electron chi connectivity index (χ0n) is 13.6. The summed E-state index contributed by atoms with van der Waals surface area (Å²) in [5.41, 5.74) is 5.30. The van der Waals surface area contributed by atoms with E-state index in [1.807, 2.05) is 11.9 Å². The molecule has 2 aromatic rings. The summed E-state index contributed by atoms with van der Waals surface area (Å²) < 4.78 is 5.95. The molecule has 1 fully saturated rings. The molecule has 1 saturated carbocycles. The number of anilines is 1. The second-order valence-corrected chi connectivity index (χ2v) is 7.11. The molecule has 4 rings (SSSR count). The first kappa shape index (κ1) is 14.7. The van der Waals surface area contributed by atoms with Gasteiger partial charge in [-0.3, -0.25) is 0 Å². The third kappa shape index (κ3) is 2.63. The number of aryl methyl sites for hydroxylation is 1. The minimum atomic E-state index is 0.483. The van der Waals surface area contributed by atoms with Crippen LogP contribution in [0.3, 0.4) is 0 Å². The van der Waals surface area contributed by atoms with Gasteiger partial charge in [0.2, 0.25) is 0 Å². The Bertz CT molecular complexity index is 753. The van der Waals surface area contributed by atoms with Crippen molar-refractivity contribution in [2.75, 3.05) is 11.9 Å². The van der Waals surface area contributed by atoms with Crippen LogP contribution in [0.5, 0.6) is 5.75 Å². The molecule has 2 unspecified atom stereocenters. The molecule has 3 heteroatoms. The van der Waals surface area contributed by atoms with Crippen LogP contribution in [-0.4, -0.2) is 12.2 Å². The number of benzene rings is 2. The van der Waals surface area contributed by atoms with E-state index in [1.165, 1.54) is 36.0 Å². The fraction of sp³-hybridized carbons (Fsp3) is 0.350. The number of ether oxygens (including phenoxy) is 1. The van der Waals surface area contributed by atoms with Crippen LogP contribution < -0.4 is 9.64 Å². The predicted molar refractivity (Wildman–Crippen MR) is 98.6 cm³/mol. The van der Waals surface area contributed by atoms with E-state index in [4.69, 9.17) is 17.0 Å². The summed E-state index contributed by atoms with van der Waals surface area (Å²) in [6.45, 7) is 2.08. The highest BCUT2D eigenvalue weighted by atomic mass is 32.1. The van der Waals surface area contributed by atoms with E-state index in [-0.39, 0.29) is 0 Å². The van der Waals surface area contributed by atoms with Crippen LogP contribution in [0, 0.1) is 6.92 Å². The fourth-order valence-electron chi connectivity index (χ4n) is 3.93. The summed E-state index contributed by atoms with van der Waals surface area (Å²) in [5, 5.41) is 0.483. The van der Waals surface area contributed by atoms with Crippen molar-refractivity contribution < 1.29 is 4.74 Å². The summed E-state index contributed by atoms with van der Waals surface area (Å²) in [5.74, 6) is 2.38. The summed E-state index contributed by atoms with van der Waals surface area (Å²) >= 11 is 5.47. The number of hydrogen-bond donors (Lipinski definition) is 0. The molecule has 2 aliphatic carbocycles. The second kappa shape index (κ2) is 5.64. The highest BCUT2D eigenvalue weighted by Crippen LogP contribution is 2.53. The van der Waals surface area contributed by atoms with Crippen molar-refractivity contribution in [2.24, 2.45) is 0 Å². The zero-order valence-corrected chi connectivity index (χ0v) is 14.4. The van der Waals surface area contributed by atoms with Gasteiger partial charge in [0, 0.05) is 12.7 Å². The van der Waals surface area contributed by atoms with Gasteiger partial charge in [-0.1, -0.05) is 23.8 Å². The highest BCUT2D eigenvalue weighted by Gasteiger charge is 2.36. The predicted octanol–water partition coefficient (Wildman–Crippen LogP) is 5.16. The maximum absolute atomic E-state index is 5.95. The van der Waals surface area contributed by atoms with Gasteiger partial charge in [0.15, 0.2) is 0 Å². The third-order valence-electron chi connectivity index (χ3n) is 5.27. The number of fused-ring (bicyclic) bond motifs is 5. The van der Waals surface area contributed by atoms with E-state index in [1.54, 1.807) is 0 Å². The number of thiocarbonyl (C=S) groups is 1. The Morgan fingerprint density at radius 3 is 2.48 bits per heavy atom. The molecule has 0 heterocycles. The average Bonchev–Trinajstić information content (AvgIpc) is 3.17. The van der Waals surface area contributed by atoms with E-state index in [9.17, 15) is 0 Å². The van der Waals surface area contributed by atoms with Crippen LogP contribution in [0.15, 0.2) is 42.5 Å². The molecule has 2 bridgehead atoms. The third-order valence-corrected chi connectivity index (χ3v) is 5.63. The van der Waals surface area contributed by atoms with Crippen molar-refractivity contribution >= 4 is 23.1 Å². The standard InChI is InChI=1S/C20H21NOS/c1-13-3-7-16(8-4-13)21(2)20(23)22-17-9-10-18-14-5-6-15(11-14)19(18)12-17/h3-4,7-10,12,14-15H,5-6,11H2,1-2H3. The van der Waals surface area contributed by atoms with E-state index in [0.29, 0.717) is 5.17 Å². The first-order valence-electron chi connectivity index (χ1n) is 8.28. The number of hydrogen-bond acceptors (Lipinski definition) is 2. The quantitative estimate of drug-likeness (QED) is 0.708. The topological polar surface area (TPSA) is 12.5 Å². The normalized spacial score (nSPS) is 21.1. The molecule has 118 valence electrons. The van der Waals surface area contributed by atoms with Gasteiger partial charge in [0.25, 0.3) is 5.17 Å². The Kier molecular flexibility index (Phi) is 3.61. The van der Waals surface area contributed by atoms with E-state index >= 15 is 0 Å². The van der Waals surface area contributed by atoms with Gasteiger partial charge in [-0.25, -0.2) is 0 Å². The van der Waals surface area contributed by atoms with Crippen molar-refractivity contribution in [3.8, 4) is 5.75 Å². The smallest absolute Gasteiger partial charge is 0.269 e. The molecule has 23 heavy (non-hydrogen) atoms. The van der Waals surface area contributed by atoms with Crippen LogP contribution in [0.1, 0.15) is 47.8 Å². The Hall–Kier alpha value is -1.87. The van der Waals surface area contributed by atoms with Crippen molar-refractivity contribution in [3.05, 3.63) is 59.2 Å². The lowest BCUT2D eigenvalue weighted by Gasteiger charge is -2.21. The van der Waals surface area contributed by atoms with Gasteiger partial charge < -0.3 is 9.64 Å². The van der Waals surface area contributed by atoms with Gasteiger partial charge in [-0.15, -0.1) is 0 Å². The molecule has 0 saturated heterocycles. The maximum atomic E-state index is 5.95. The Balaban J connectivity index is 1.51. The van der Waals surface area contributed by atoms with E-state index < -0.39 is 0 Å². The maximum Gasteiger partial charge on any atom is 0.269 e. The van der Waals surface area contributed by atoms with Gasteiger partial charge in [0.1, 0.15) is 5.75 Å². The summed E-state index contributed by atoms with van der Waals surface area (Å²) in [6.07, 6.45) is 4.01. The molecule has 0 amide bonds. The van der Waals surface area contributed by atoms with Gasteiger partial charge >= 0.3 is 0 Å². The molecule has 0 radical (unpaired) electrons. The first-order chi connectivity index (χ1) is 11.1. The average molecular weight is 323 g/mol. The second-order valence-electron chi connectivity index (χ2n) is 6.76. The van der Waals surface area contributed by atoms with Crippen LogP contribution in [0.4, 0.5) is 5.69 Å². The lowest BCUT2D eigenvalue weighted by Crippen LogP contribution is -2.29. The number of rotatable bonds is 2. The zero-order chi connectivity index (χ0) is 16.0. The van der Waals surface area contributed by atoms with Crippen molar-refractivity contribution in [3.63, 3.8) is 0 Å². The van der Waals surface area contributed by atoms with Crippen molar-refractivity contribution in [1.29, 1.82) is 0 Å². The van der Waals surface area contributed by atoms with Crippen LogP contribution in [0.25, 0.3) is 0 Å². The molecule has 2 aliphatic rings. The monoisotopic (exact) mass is 323 g/mol. The first-order valence-corrected chi connectivity index (χ1v) is 8.68. The SMILES string of the molecule is Cc1ccc(N(C)C(=S)Oc2ccc3c(c2)C2CCC3C2)cc1. The molecule has 0 aromatic heterocycles. The number of nitrogens with zero attached hydrogens (tertiary/aromatic N) is 1.